The molecule has 23 heavy (non-hydrogen) atoms. The van der Waals surface area contributed by atoms with Gasteiger partial charge in [-0.3, -0.25) is 0 Å². The predicted octanol–water partition coefficient (Wildman–Crippen LogP) is 3.89. The molecule has 0 amide bonds. The average molecular weight is 311 g/mol. The van der Waals surface area contributed by atoms with E-state index in [1.165, 1.54) is 38.5 Å². The zero-order valence-corrected chi connectivity index (χ0v) is 13.8. The summed E-state index contributed by atoms with van der Waals surface area (Å²) in [6.45, 7) is 1.02. The van der Waals surface area contributed by atoms with Crippen molar-refractivity contribution in [2.75, 3.05) is 18.5 Å². The SMILES string of the molecule is CN(CCC1CCCC(CC#N)CC1)c1ncnc2[nH]ccc12. The number of nitrogens with zero attached hydrogens (tertiary/aromatic N) is 4. The molecule has 2 aromatic rings. The van der Waals surface area contributed by atoms with Crippen LogP contribution in [0.5, 0.6) is 0 Å². The fourth-order valence-electron chi connectivity index (χ4n) is 3.72. The first-order valence-corrected chi connectivity index (χ1v) is 8.64. The Labute approximate surface area is 137 Å². The lowest BCUT2D eigenvalue weighted by molar-refractivity contribution is 0.414. The van der Waals surface area contributed by atoms with Crippen molar-refractivity contribution >= 4 is 16.9 Å². The zero-order valence-electron chi connectivity index (χ0n) is 13.8. The van der Waals surface area contributed by atoms with E-state index in [0.29, 0.717) is 5.92 Å². The monoisotopic (exact) mass is 311 g/mol. The second-order valence-corrected chi connectivity index (χ2v) is 6.75. The first kappa shape index (κ1) is 15.8. The third-order valence-corrected chi connectivity index (χ3v) is 5.16. The lowest BCUT2D eigenvalue weighted by Crippen LogP contribution is -2.22. The van der Waals surface area contributed by atoms with Crippen LogP contribution in [-0.4, -0.2) is 28.5 Å². The van der Waals surface area contributed by atoms with Crippen molar-refractivity contribution in [3.8, 4) is 6.07 Å². The number of aromatic nitrogens is 3. The quantitative estimate of drug-likeness (QED) is 0.850. The normalized spacial score (nSPS) is 21.7. The molecule has 3 rings (SSSR count). The van der Waals surface area contributed by atoms with Crippen molar-refractivity contribution < 1.29 is 0 Å². The van der Waals surface area contributed by atoms with Crippen LogP contribution in [0.25, 0.3) is 11.0 Å². The maximum absolute atomic E-state index is 8.88. The van der Waals surface area contributed by atoms with E-state index in [0.717, 1.165) is 35.7 Å². The van der Waals surface area contributed by atoms with Crippen molar-refractivity contribution in [2.45, 2.75) is 44.9 Å². The number of H-pyrrole nitrogens is 1. The van der Waals surface area contributed by atoms with Crippen LogP contribution in [0.3, 0.4) is 0 Å². The summed E-state index contributed by atoms with van der Waals surface area (Å²) in [7, 11) is 2.12. The molecule has 2 atom stereocenters. The molecular weight excluding hydrogens is 286 g/mol. The minimum absolute atomic E-state index is 0.629. The number of aromatic amines is 1. The number of rotatable bonds is 5. The van der Waals surface area contributed by atoms with Gasteiger partial charge in [-0.25, -0.2) is 9.97 Å². The number of nitriles is 1. The van der Waals surface area contributed by atoms with Crippen LogP contribution in [0.15, 0.2) is 18.6 Å². The highest BCUT2D eigenvalue weighted by molar-refractivity contribution is 5.87. The highest BCUT2D eigenvalue weighted by Gasteiger charge is 2.19. The van der Waals surface area contributed by atoms with Gasteiger partial charge in [-0.2, -0.15) is 5.26 Å². The van der Waals surface area contributed by atoms with E-state index in [-0.39, 0.29) is 0 Å². The molecule has 1 saturated carbocycles. The zero-order chi connectivity index (χ0) is 16.1. The molecule has 1 aliphatic carbocycles. The summed E-state index contributed by atoms with van der Waals surface area (Å²) in [6, 6.07) is 4.38. The molecule has 1 fully saturated rings. The van der Waals surface area contributed by atoms with Gasteiger partial charge in [-0.05, 0) is 37.2 Å². The molecule has 0 saturated heterocycles. The minimum Gasteiger partial charge on any atom is -0.359 e. The lowest BCUT2D eigenvalue weighted by atomic mass is 9.94. The van der Waals surface area contributed by atoms with Crippen LogP contribution in [-0.2, 0) is 0 Å². The van der Waals surface area contributed by atoms with E-state index in [9.17, 15) is 0 Å². The van der Waals surface area contributed by atoms with Gasteiger partial charge in [0.1, 0.15) is 17.8 Å². The average Bonchev–Trinajstić information content (AvgIpc) is 2.94. The molecule has 0 bridgehead atoms. The molecule has 0 radical (unpaired) electrons. The number of anilines is 1. The number of hydrogen-bond acceptors (Lipinski definition) is 4. The van der Waals surface area contributed by atoms with Gasteiger partial charge in [0, 0.05) is 26.2 Å². The summed E-state index contributed by atoms with van der Waals surface area (Å²) < 4.78 is 0. The highest BCUT2D eigenvalue weighted by Crippen LogP contribution is 2.31. The van der Waals surface area contributed by atoms with Gasteiger partial charge in [-0.15, -0.1) is 0 Å². The smallest absolute Gasteiger partial charge is 0.142 e. The fraction of sp³-hybridized carbons (Fsp3) is 0.611. The van der Waals surface area contributed by atoms with Crippen molar-refractivity contribution in [1.82, 2.24) is 15.0 Å². The van der Waals surface area contributed by atoms with Crippen molar-refractivity contribution in [1.29, 1.82) is 5.26 Å². The van der Waals surface area contributed by atoms with E-state index >= 15 is 0 Å². The van der Waals surface area contributed by atoms with E-state index in [2.05, 4.69) is 33.0 Å². The third-order valence-electron chi connectivity index (χ3n) is 5.16. The number of hydrogen-bond donors (Lipinski definition) is 1. The van der Waals surface area contributed by atoms with E-state index in [4.69, 9.17) is 5.26 Å². The second-order valence-electron chi connectivity index (χ2n) is 6.75. The Morgan fingerprint density at radius 3 is 2.96 bits per heavy atom. The highest BCUT2D eigenvalue weighted by atomic mass is 15.2. The summed E-state index contributed by atoms with van der Waals surface area (Å²) in [4.78, 5) is 14.1. The van der Waals surface area contributed by atoms with Gasteiger partial charge in [0.15, 0.2) is 0 Å². The molecular formula is C18H25N5. The van der Waals surface area contributed by atoms with Crippen molar-refractivity contribution in [2.24, 2.45) is 11.8 Å². The summed E-state index contributed by atoms with van der Waals surface area (Å²) in [5.41, 5.74) is 0.899. The lowest BCUT2D eigenvalue weighted by Gasteiger charge is -2.22. The predicted molar refractivity (Wildman–Crippen MR) is 92.1 cm³/mol. The summed E-state index contributed by atoms with van der Waals surface area (Å²) in [5, 5.41) is 9.96. The van der Waals surface area contributed by atoms with Gasteiger partial charge in [0.25, 0.3) is 0 Å². The summed E-state index contributed by atoms with van der Waals surface area (Å²) >= 11 is 0. The number of nitrogens with one attached hydrogen (secondary N) is 1. The van der Waals surface area contributed by atoms with Crippen LogP contribution in [0.2, 0.25) is 0 Å². The summed E-state index contributed by atoms with van der Waals surface area (Å²) in [5.74, 6) is 2.42. The van der Waals surface area contributed by atoms with Crippen molar-refractivity contribution in [3.05, 3.63) is 18.6 Å². The molecule has 1 aliphatic rings. The van der Waals surface area contributed by atoms with E-state index < -0.39 is 0 Å². The minimum atomic E-state index is 0.629. The number of fused-ring (bicyclic) bond motifs is 1. The Morgan fingerprint density at radius 2 is 2.09 bits per heavy atom. The Hall–Kier alpha value is -2.09. The van der Waals surface area contributed by atoms with Crippen LogP contribution >= 0.6 is 0 Å². The van der Waals surface area contributed by atoms with E-state index in [1.807, 2.05) is 12.3 Å². The fourth-order valence-corrected chi connectivity index (χ4v) is 3.72. The molecule has 0 aromatic carbocycles. The van der Waals surface area contributed by atoms with Gasteiger partial charge in [-0.1, -0.05) is 19.3 Å². The van der Waals surface area contributed by atoms with Gasteiger partial charge in [0.05, 0.1) is 11.5 Å². The maximum Gasteiger partial charge on any atom is 0.142 e. The molecule has 0 spiro atoms. The first-order valence-electron chi connectivity index (χ1n) is 8.64. The molecule has 1 N–H and O–H groups in total. The van der Waals surface area contributed by atoms with Crippen LogP contribution in [0.4, 0.5) is 5.82 Å². The first-order chi connectivity index (χ1) is 11.3. The largest absolute Gasteiger partial charge is 0.359 e. The molecule has 2 aromatic heterocycles. The molecule has 5 nitrogen and oxygen atoms in total. The van der Waals surface area contributed by atoms with Gasteiger partial charge < -0.3 is 9.88 Å². The molecule has 5 heteroatoms. The summed E-state index contributed by atoms with van der Waals surface area (Å²) in [6.07, 6.45) is 11.8. The molecule has 2 unspecified atom stereocenters. The second kappa shape index (κ2) is 7.45. The Morgan fingerprint density at radius 1 is 1.26 bits per heavy atom. The topological polar surface area (TPSA) is 68.6 Å². The molecule has 2 heterocycles. The maximum atomic E-state index is 8.88. The standard InChI is InChI=1S/C18H25N5/c1-23(18-16-8-11-20-17(16)21-13-22-18)12-9-15-4-2-3-14(5-6-15)7-10-19/h8,11,13-15H,2-7,9,12H2,1H3,(H,20,21,22). The Bertz CT molecular complexity index is 671. The third kappa shape index (κ3) is 3.82. The van der Waals surface area contributed by atoms with Gasteiger partial charge in [0.2, 0.25) is 0 Å². The van der Waals surface area contributed by atoms with E-state index in [1.54, 1.807) is 6.33 Å². The molecule has 122 valence electrons. The Balaban J connectivity index is 1.56. The van der Waals surface area contributed by atoms with Crippen LogP contribution < -0.4 is 4.90 Å². The van der Waals surface area contributed by atoms with Crippen LogP contribution in [0.1, 0.15) is 44.9 Å². The van der Waals surface area contributed by atoms with Gasteiger partial charge >= 0.3 is 0 Å². The molecule has 0 aliphatic heterocycles. The van der Waals surface area contributed by atoms with Crippen molar-refractivity contribution in [3.63, 3.8) is 0 Å². The van der Waals surface area contributed by atoms with Crippen LogP contribution in [0, 0.1) is 23.2 Å². The Kier molecular flexibility index (Phi) is 5.12.